The van der Waals surface area contributed by atoms with Gasteiger partial charge in [-0.15, -0.1) is 0 Å². The van der Waals surface area contributed by atoms with Crippen molar-refractivity contribution in [2.45, 2.75) is 18.9 Å². The topological polar surface area (TPSA) is 12.5 Å². The second-order valence-electron chi connectivity index (χ2n) is 4.08. The summed E-state index contributed by atoms with van der Waals surface area (Å²) in [5.41, 5.74) is 0.314. The maximum Gasteiger partial charge on any atom is 0.0657 e. The minimum absolute atomic E-state index is 0.314. The molecular formula is C10H17NO. The smallest absolute Gasteiger partial charge is 0.0657 e. The summed E-state index contributed by atoms with van der Waals surface area (Å²) in [4.78, 5) is 2.44. The highest BCUT2D eigenvalue weighted by atomic mass is 16.5. The quantitative estimate of drug-likeness (QED) is 0.504. The van der Waals surface area contributed by atoms with E-state index in [1.165, 1.54) is 0 Å². The lowest BCUT2D eigenvalue weighted by Gasteiger charge is -2.42. The maximum atomic E-state index is 5.54. The highest BCUT2D eigenvalue weighted by Gasteiger charge is 2.44. The second-order valence-corrected chi connectivity index (χ2v) is 4.08. The number of likely N-dealkylation sites (N-methyl/N-ethyl adjacent to an activating group) is 1. The van der Waals surface area contributed by atoms with Crippen LogP contribution in [0.25, 0.3) is 0 Å². The molecule has 0 saturated carbocycles. The van der Waals surface area contributed by atoms with Crippen LogP contribution in [0.4, 0.5) is 0 Å². The Hall–Kier alpha value is -0.340. The van der Waals surface area contributed by atoms with Crippen LogP contribution < -0.4 is 0 Å². The van der Waals surface area contributed by atoms with Gasteiger partial charge in [0.15, 0.2) is 0 Å². The van der Waals surface area contributed by atoms with Gasteiger partial charge in [0.25, 0.3) is 0 Å². The molecule has 0 radical (unpaired) electrons. The minimum Gasteiger partial charge on any atom is -0.379 e. The van der Waals surface area contributed by atoms with Crippen molar-refractivity contribution in [3.63, 3.8) is 0 Å². The summed E-state index contributed by atoms with van der Waals surface area (Å²) in [6.45, 7) is 5.21. The third-order valence-corrected chi connectivity index (χ3v) is 3.41. The van der Waals surface area contributed by atoms with Crippen molar-refractivity contribution in [2.24, 2.45) is 5.92 Å². The summed E-state index contributed by atoms with van der Waals surface area (Å²) in [5, 5.41) is 0. The second kappa shape index (κ2) is 2.86. The first-order chi connectivity index (χ1) is 5.76. The van der Waals surface area contributed by atoms with Gasteiger partial charge in [0.2, 0.25) is 0 Å². The van der Waals surface area contributed by atoms with E-state index in [9.17, 15) is 0 Å². The zero-order chi connectivity index (χ0) is 8.60. The molecule has 0 bridgehead atoms. The highest BCUT2D eigenvalue weighted by molar-refractivity contribution is 5.08. The number of ether oxygens (including phenoxy) is 1. The Kier molecular flexibility index (Phi) is 1.97. The summed E-state index contributed by atoms with van der Waals surface area (Å²) < 4.78 is 5.54. The highest BCUT2D eigenvalue weighted by Crippen LogP contribution is 2.35. The Bertz CT molecular complexity index is 202. The predicted molar refractivity (Wildman–Crippen MR) is 49.1 cm³/mol. The van der Waals surface area contributed by atoms with Crippen LogP contribution in [0.1, 0.15) is 13.3 Å². The Morgan fingerprint density at radius 2 is 2.33 bits per heavy atom. The molecule has 2 atom stereocenters. The first-order valence-electron chi connectivity index (χ1n) is 4.70. The Labute approximate surface area is 74.2 Å². The molecule has 68 valence electrons. The molecule has 2 heterocycles. The summed E-state index contributed by atoms with van der Waals surface area (Å²) in [6.07, 6.45) is 5.70. The number of rotatable bonds is 0. The summed E-state index contributed by atoms with van der Waals surface area (Å²) in [7, 11) is 2.20. The molecule has 2 aliphatic heterocycles. The Morgan fingerprint density at radius 1 is 1.50 bits per heavy atom. The van der Waals surface area contributed by atoms with Crippen LogP contribution in [0.2, 0.25) is 0 Å². The molecule has 0 N–H and O–H groups in total. The molecule has 0 aromatic carbocycles. The van der Waals surface area contributed by atoms with Crippen molar-refractivity contribution < 1.29 is 4.74 Å². The summed E-state index contributed by atoms with van der Waals surface area (Å²) in [6, 6.07) is 0. The Morgan fingerprint density at radius 3 is 2.92 bits per heavy atom. The first kappa shape index (κ1) is 8.27. The van der Waals surface area contributed by atoms with Gasteiger partial charge in [-0.05, 0) is 13.5 Å². The zero-order valence-corrected chi connectivity index (χ0v) is 7.92. The van der Waals surface area contributed by atoms with Crippen molar-refractivity contribution in [1.29, 1.82) is 0 Å². The first-order valence-corrected chi connectivity index (χ1v) is 4.70. The third-order valence-electron chi connectivity index (χ3n) is 3.41. The van der Waals surface area contributed by atoms with Gasteiger partial charge in [-0.2, -0.15) is 0 Å². The van der Waals surface area contributed by atoms with Gasteiger partial charge in [0, 0.05) is 12.5 Å². The van der Waals surface area contributed by atoms with Crippen LogP contribution in [0.3, 0.4) is 0 Å². The van der Waals surface area contributed by atoms with Crippen molar-refractivity contribution in [2.75, 3.05) is 26.8 Å². The fourth-order valence-corrected chi connectivity index (χ4v) is 2.31. The number of hydrogen-bond donors (Lipinski definition) is 0. The van der Waals surface area contributed by atoms with E-state index in [0.717, 1.165) is 26.2 Å². The molecule has 2 unspecified atom stereocenters. The molecule has 2 nitrogen and oxygen atoms in total. The standard InChI is InChI=1S/C10H17NO/c1-9-7-12-8-10(9)5-3-4-6-11(10)2/h3-4,9H,5-8H2,1-2H3. The third kappa shape index (κ3) is 1.02. The van der Waals surface area contributed by atoms with Gasteiger partial charge in [0.1, 0.15) is 0 Å². The van der Waals surface area contributed by atoms with Gasteiger partial charge >= 0.3 is 0 Å². The van der Waals surface area contributed by atoms with Crippen molar-refractivity contribution in [1.82, 2.24) is 4.90 Å². The predicted octanol–water partition coefficient (Wildman–Crippen LogP) is 1.28. The van der Waals surface area contributed by atoms with Crippen LogP contribution in [0.5, 0.6) is 0 Å². The van der Waals surface area contributed by atoms with Crippen LogP contribution in [0, 0.1) is 5.92 Å². The van der Waals surface area contributed by atoms with Crippen LogP contribution in [0.15, 0.2) is 12.2 Å². The van der Waals surface area contributed by atoms with Crippen LogP contribution in [-0.2, 0) is 4.74 Å². The lowest BCUT2D eigenvalue weighted by atomic mass is 9.82. The van der Waals surface area contributed by atoms with Gasteiger partial charge < -0.3 is 4.74 Å². The molecule has 0 aromatic heterocycles. The average molecular weight is 167 g/mol. The molecule has 12 heavy (non-hydrogen) atoms. The molecule has 1 fully saturated rings. The SMILES string of the molecule is CC1COCC12CC=CCN2C. The lowest BCUT2D eigenvalue weighted by Crippen LogP contribution is -2.52. The van der Waals surface area contributed by atoms with Gasteiger partial charge in [-0.1, -0.05) is 19.1 Å². The van der Waals surface area contributed by atoms with E-state index in [-0.39, 0.29) is 0 Å². The monoisotopic (exact) mass is 167 g/mol. The molecule has 0 aliphatic carbocycles. The number of nitrogens with zero attached hydrogens (tertiary/aromatic N) is 1. The molecule has 0 amide bonds. The molecule has 1 saturated heterocycles. The van der Waals surface area contributed by atoms with Gasteiger partial charge in [-0.3, -0.25) is 4.90 Å². The zero-order valence-electron chi connectivity index (χ0n) is 7.92. The lowest BCUT2D eigenvalue weighted by molar-refractivity contribution is 0.0791. The maximum absolute atomic E-state index is 5.54. The van der Waals surface area contributed by atoms with Crippen molar-refractivity contribution in [3.05, 3.63) is 12.2 Å². The largest absolute Gasteiger partial charge is 0.379 e. The normalized spacial score (nSPS) is 42.7. The molecule has 2 heteroatoms. The summed E-state index contributed by atoms with van der Waals surface area (Å²) >= 11 is 0. The molecule has 0 aromatic rings. The molecule has 2 rings (SSSR count). The summed E-state index contributed by atoms with van der Waals surface area (Å²) in [5.74, 6) is 0.674. The van der Waals surface area contributed by atoms with E-state index >= 15 is 0 Å². The minimum atomic E-state index is 0.314. The van der Waals surface area contributed by atoms with E-state index < -0.39 is 0 Å². The van der Waals surface area contributed by atoms with E-state index in [4.69, 9.17) is 4.74 Å². The van der Waals surface area contributed by atoms with E-state index in [0.29, 0.717) is 11.5 Å². The van der Waals surface area contributed by atoms with Crippen LogP contribution in [-0.4, -0.2) is 37.2 Å². The van der Waals surface area contributed by atoms with Gasteiger partial charge in [-0.25, -0.2) is 0 Å². The van der Waals surface area contributed by atoms with E-state index in [1.807, 2.05) is 0 Å². The van der Waals surface area contributed by atoms with E-state index in [2.05, 4.69) is 31.0 Å². The Balaban J connectivity index is 2.22. The molecule has 2 aliphatic rings. The van der Waals surface area contributed by atoms with E-state index in [1.54, 1.807) is 0 Å². The number of hydrogen-bond acceptors (Lipinski definition) is 2. The molecular weight excluding hydrogens is 150 g/mol. The van der Waals surface area contributed by atoms with Crippen LogP contribution >= 0.6 is 0 Å². The molecule has 1 spiro atoms. The fourth-order valence-electron chi connectivity index (χ4n) is 2.31. The average Bonchev–Trinajstić information content (AvgIpc) is 2.41. The van der Waals surface area contributed by atoms with Gasteiger partial charge in [0.05, 0.1) is 18.8 Å². The fraction of sp³-hybridized carbons (Fsp3) is 0.800. The van der Waals surface area contributed by atoms with Crippen molar-refractivity contribution in [3.8, 4) is 0 Å². The van der Waals surface area contributed by atoms with Crippen molar-refractivity contribution >= 4 is 0 Å².